The topological polar surface area (TPSA) is 36.4 Å². The zero-order valence-electron chi connectivity index (χ0n) is 8.89. The van der Waals surface area contributed by atoms with Crippen molar-refractivity contribution in [3.8, 4) is 0 Å². The SMILES string of the molecule is Cc1ccc(Br)c(NC2=NCCN2)c1C. The van der Waals surface area contributed by atoms with Gasteiger partial charge in [0.25, 0.3) is 0 Å². The number of hydrogen-bond donors (Lipinski definition) is 2. The Morgan fingerprint density at radius 2 is 2.20 bits per heavy atom. The van der Waals surface area contributed by atoms with E-state index in [9.17, 15) is 0 Å². The maximum atomic E-state index is 4.32. The molecule has 0 saturated heterocycles. The van der Waals surface area contributed by atoms with Crippen LogP contribution >= 0.6 is 15.9 Å². The quantitative estimate of drug-likeness (QED) is 0.820. The molecule has 80 valence electrons. The Kier molecular flexibility index (Phi) is 2.95. The number of guanidine groups is 1. The van der Waals surface area contributed by atoms with E-state index in [1.54, 1.807) is 0 Å². The highest BCUT2D eigenvalue weighted by molar-refractivity contribution is 9.10. The average Bonchev–Trinajstić information content (AvgIpc) is 2.71. The number of benzene rings is 1. The second-order valence-electron chi connectivity index (χ2n) is 3.65. The molecule has 0 amide bonds. The molecule has 2 N–H and O–H groups in total. The van der Waals surface area contributed by atoms with Gasteiger partial charge in [0.1, 0.15) is 0 Å². The summed E-state index contributed by atoms with van der Waals surface area (Å²) in [4.78, 5) is 4.32. The lowest BCUT2D eigenvalue weighted by molar-refractivity contribution is 0.959. The second-order valence-corrected chi connectivity index (χ2v) is 4.50. The first-order valence-electron chi connectivity index (χ1n) is 4.99. The summed E-state index contributed by atoms with van der Waals surface area (Å²) in [7, 11) is 0. The Morgan fingerprint density at radius 1 is 1.40 bits per heavy atom. The first-order chi connectivity index (χ1) is 7.18. The van der Waals surface area contributed by atoms with Gasteiger partial charge in [0.15, 0.2) is 5.96 Å². The molecule has 0 bridgehead atoms. The van der Waals surface area contributed by atoms with E-state index in [1.807, 2.05) is 0 Å². The van der Waals surface area contributed by atoms with Crippen molar-refractivity contribution in [3.05, 3.63) is 27.7 Å². The molecular weight excluding hydrogens is 254 g/mol. The summed E-state index contributed by atoms with van der Waals surface area (Å²) in [5.41, 5.74) is 3.63. The van der Waals surface area contributed by atoms with E-state index in [1.165, 1.54) is 11.1 Å². The van der Waals surface area contributed by atoms with E-state index in [4.69, 9.17) is 0 Å². The highest BCUT2D eigenvalue weighted by Crippen LogP contribution is 2.28. The Bertz CT molecular complexity index is 413. The molecule has 0 spiro atoms. The molecule has 1 heterocycles. The maximum Gasteiger partial charge on any atom is 0.195 e. The summed E-state index contributed by atoms with van der Waals surface area (Å²) in [6, 6.07) is 4.16. The summed E-state index contributed by atoms with van der Waals surface area (Å²) >= 11 is 3.54. The fraction of sp³-hybridized carbons (Fsp3) is 0.364. The number of nitrogens with one attached hydrogen (secondary N) is 2. The number of aryl methyl sites for hydroxylation is 1. The minimum Gasteiger partial charge on any atom is -0.354 e. The molecule has 4 heteroatoms. The molecular formula is C11H14BrN3. The third-order valence-electron chi connectivity index (χ3n) is 2.60. The molecule has 3 nitrogen and oxygen atoms in total. The van der Waals surface area contributed by atoms with Gasteiger partial charge in [0.2, 0.25) is 0 Å². The number of aliphatic imine (C=N–C) groups is 1. The molecule has 0 aliphatic carbocycles. The van der Waals surface area contributed by atoms with Gasteiger partial charge in [-0.2, -0.15) is 0 Å². The van der Waals surface area contributed by atoms with Crippen LogP contribution in [0.2, 0.25) is 0 Å². The Hall–Kier alpha value is -1.03. The van der Waals surface area contributed by atoms with Crippen LogP contribution in [0.5, 0.6) is 0 Å². The maximum absolute atomic E-state index is 4.32. The fourth-order valence-electron chi connectivity index (χ4n) is 1.54. The summed E-state index contributed by atoms with van der Waals surface area (Å²) in [5, 5.41) is 6.51. The lowest BCUT2D eigenvalue weighted by Crippen LogP contribution is -2.26. The van der Waals surface area contributed by atoms with Crippen molar-refractivity contribution in [2.75, 3.05) is 18.4 Å². The van der Waals surface area contributed by atoms with Crippen molar-refractivity contribution in [1.29, 1.82) is 0 Å². The summed E-state index contributed by atoms with van der Waals surface area (Å²) in [6.07, 6.45) is 0. The van der Waals surface area contributed by atoms with Gasteiger partial charge in [0.05, 0.1) is 12.2 Å². The second kappa shape index (κ2) is 4.23. The predicted octanol–water partition coefficient (Wildman–Crippen LogP) is 2.44. The smallest absolute Gasteiger partial charge is 0.195 e. The van der Waals surface area contributed by atoms with Crippen LogP contribution in [0.25, 0.3) is 0 Å². The molecule has 0 aromatic heterocycles. The van der Waals surface area contributed by atoms with Crippen LogP contribution in [-0.2, 0) is 0 Å². The minimum atomic E-state index is 0.852. The van der Waals surface area contributed by atoms with Gasteiger partial charge in [-0.1, -0.05) is 6.07 Å². The van der Waals surface area contributed by atoms with Crippen LogP contribution in [0.4, 0.5) is 5.69 Å². The van der Waals surface area contributed by atoms with E-state index in [0.29, 0.717) is 0 Å². The molecule has 1 aliphatic heterocycles. The zero-order valence-corrected chi connectivity index (χ0v) is 10.5. The van der Waals surface area contributed by atoms with Crippen molar-refractivity contribution in [2.45, 2.75) is 13.8 Å². The van der Waals surface area contributed by atoms with E-state index < -0.39 is 0 Å². The first kappa shape index (κ1) is 10.5. The summed E-state index contributed by atoms with van der Waals surface area (Å²) < 4.78 is 1.07. The van der Waals surface area contributed by atoms with Crippen molar-refractivity contribution < 1.29 is 0 Å². The molecule has 15 heavy (non-hydrogen) atoms. The molecule has 0 fully saturated rings. The van der Waals surface area contributed by atoms with Crippen LogP contribution < -0.4 is 10.6 Å². The number of halogens is 1. The van der Waals surface area contributed by atoms with Crippen LogP contribution in [0, 0.1) is 13.8 Å². The van der Waals surface area contributed by atoms with Crippen LogP contribution in [0.3, 0.4) is 0 Å². The highest BCUT2D eigenvalue weighted by atomic mass is 79.9. The predicted molar refractivity (Wildman–Crippen MR) is 67.5 cm³/mol. The number of rotatable bonds is 1. The Labute approximate surface area is 98.1 Å². The number of anilines is 1. The van der Waals surface area contributed by atoms with Crippen LogP contribution in [0.1, 0.15) is 11.1 Å². The van der Waals surface area contributed by atoms with Crippen LogP contribution in [0.15, 0.2) is 21.6 Å². The third-order valence-corrected chi connectivity index (χ3v) is 3.26. The monoisotopic (exact) mass is 267 g/mol. The van der Waals surface area contributed by atoms with E-state index in [2.05, 4.69) is 57.5 Å². The van der Waals surface area contributed by atoms with Crippen LogP contribution in [-0.4, -0.2) is 19.0 Å². The Balaban J connectivity index is 2.30. The van der Waals surface area contributed by atoms with Gasteiger partial charge in [0, 0.05) is 11.0 Å². The van der Waals surface area contributed by atoms with Crippen molar-refractivity contribution >= 4 is 27.6 Å². The van der Waals surface area contributed by atoms with Crippen molar-refractivity contribution in [3.63, 3.8) is 0 Å². The standard InChI is InChI=1S/C11H14BrN3/c1-7-3-4-9(12)10(8(7)2)15-11-13-5-6-14-11/h3-4H,5-6H2,1-2H3,(H2,13,14,15). The molecule has 1 aromatic rings. The zero-order chi connectivity index (χ0) is 10.8. The average molecular weight is 268 g/mol. The highest BCUT2D eigenvalue weighted by Gasteiger charge is 2.10. The third kappa shape index (κ3) is 2.15. The molecule has 1 aliphatic rings. The molecule has 0 unspecified atom stereocenters. The minimum absolute atomic E-state index is 0.852. The first-order valence-corrected chi connectivity index (χ1v) is 5.79. The summed E-state index contributed by atoms with van der Waals surface area (Å²) in [5.74, 6) is 0.865. The van der Waals surface area contributed by atoms with Gasteiger partial charge >= 0.3 is 0 Å². The number of hydrogen-bond acceptors (Lipinski definition) is 3. The fourth-order valence-corrected chi connectivity index (χ4v) is 2.06. The van der Waals surface area contributed by atoms with Gasteiger partial charge < -0.3 is 10.6 Å². The lowest BCUT2D eigenvalue weighted by Gasteiger charge is -2.13. The van der Waals surface area contributed by atoms with E-state index >= 15 is 0 Å². The lowest BCUT2D eigenvalue weighted by atomic mass is 10.1. The molecule has 0 radical (unpaired) electrons. The Morgan fingerprint density at radius 3 is 2.87 bits per heavy atom. The van der Waals surface area contributed by atoms with Gasteiger partial charge in [-0.05, 0) is 47.0 Å². The van der Waals surface area contributed by atoms with Crippen molar-refractivity contribution in [2.24, 2.45) is 4.99 Å². The van der Waals surface area contributed by atoms with E-state index in [-0.39, 0.29) is 0 Å². The van der Waals surface area contributed by atoms with Gasteiger partial charge in [-0.15, -0.1) is 0 Å². The van der Waals surface area contributed by atoms with Crippen molar-refractivity contribution in [1.82, 2.24) is 5.32 Å². The molecule has 1 aromatic carbocycles. The summed E-state index contributed by atoms with van der Waals surface area (Å²) in [6.45, 7) is 5.99. The number of nitrogens with zero attached hydrogens (tertiary/aromatic N) is 1. The van der Waals surface area contributed by atoms with E-state index in [0.717, 1.165) is 29.2 Å². The largest absolute Gasteiger partial charge is 0.354 e. The normalized spacial score (nSPS) is 14.7. The molecule has 0 atom stereocenters. The molecule has 2 rings (SSSR count). The van der Waals surface area contributed by atoms with Gasteiger partial charge in [-0.3, -0.25) is 4.99 Å². The van der Waals surface area contributed by atoms with Gasteiger partial charge in [-0.25, -0.2) is 0 Å². The molecule has 0 saturated carbocycles.